The number of carbonyl (C=O) groups excluding carboxylic acids is 2. The van der Waals surface area contributed by atoms with Crippen LogP contribution in [0.15, 0.2) is 78.5 Å². The van der Waals surface area contributed by atoms with Gasteiger partial charge in [0.05, 0.1) is 21.7 Å². The van der Waals surface area contributed by atoms with Gasteiger partial charge >= 0.3 is 0 Å². The number of fused-ring (bicyclic) bond motifs is 1. The maximum Gasteiger partial charge on any atom is 0.300 e. The normalized spacial score (nSPS) is 17.8. The number of aliphatic hydroxyl groups excluding tert-OH is 1. The molecule has 0 aliphatic carbocycles. The number of aromatic nitrogens is 1. The molecule has 1 aliphatic heterocycles. The SMILES string of the molecule is Cc1ccccc1N1C(=O)C(=O)/C(=C(/O)c2ccc(Cl)c(Cl)c2)C1c1c[nH]c2ccccc12. The number of aromatic amines is 1. The van der Waals surface area contributed by atoms with Gasteiger partial charge in [-0.1, -0.05) is 59.6 Å². The Labute approximate surface area is 199 Å². The first-order valence-corrected chi connectivity index (χ1v) is 11.0. The van der Waals surface area contributed by atoms with Crippen LogP contribution in [0.5, 0.6) is 0 Å². The summed E-state index contributed by atoms with van der Waals surface area (Å²) in [5.41, 5.74) is 3.29. The molecule has 1 unspecified atom stereocenters. The van der Waals surface area contributed by atoms with Crippen LogP contribution in [-0.2, 0) is 9.59 Å². The number of hydrogen-bond donors (Lipinski definition) is 2. The van der Waals surface area contributed by atoms with E-state index in [1.807, 2.05) is 49.4 Å². The number of aryl methyl sites for hydroxylation is 1. The number of halogens is 2. The molecule has 0 spiro atoms. The van der Waals surface area contributed by atoms with E-state index >= 15 is 0 Å². The molecule has 7 heteroatoms. The minimum atomic E-state index is -0.836. The summed E-state index contributed by atoms with van der Waals surface area (Å²) in [6.07, 6.45) is 1.77. The molecule has 1 aromatic heterocycles. The van der Waals surface area contributed by atoms with Crippen molar-refractivity contribution in [2.45, 2.75) is 13.0 Å². The number of ketones is 1. The molecule has 2 heterocycles. The summed E-state index contributed by atoms with van der Waals surface area (Å²) in [5, 5.41) is 12.7. The largest absolute Gasteiger partial charge is 0.507 e. The molecule has 1 aliphatic rings. The number of aliphatic hydroxyl groups is 1. The predicted molar refractivity (Wildman–Crippen MR) is 131 cm³/mol. The van der Waals surface area contributed by atoms with Crippen molar-refractivity contribution in [3.8, 4) is 0 Å². The molecule has 33 heavy (non-hydrogen) atoms. The van der Waals surface area contributed by atoms with Gasteiger partial charge in [0.2, 0.25) is 0 Å². The molecule has 1 amide bonds. The second kappa shape index (κ2) is 8.10. The van der Waals surface area contributed by atoms with E-state index in [2.05, 4.69) is 4.98 Å². The number of amides is 1. The van der Waals surface area contributed by atoms with Crippen molar-refractivity contribution >= 4 is 57.2 Å². The molecular weight excluding hydrogens is 459 g/mol. The van der Waals surface area contributed by atoms with Crippen LogP contribution in [0, 0.1) is 6.92 Å². The summed E-state index contributed by atoms with van der Waals surface area (Å²) in [6.45, 7) is 1.87. The lowest BCUT2D eigenvalue weighted by atomic mass is 9.94. The Morgan fingerprint density at radius 2 is 1.70 bits per heavy atom. The smallest absolute Gasteiger partial charge is 0.300 e. The quantitative estimate of drug-likeness (QED) is 0.204. The molecule has 0 saturated carbocycles. The molecule has 3 aromatic carbocycles. The molecule has 0 bridgehead atoms. The molecule has 4 aromatic rings. The first-order chi connectivity index (χ1) is 15.9. The number of H-pyrrole nitrogens is 1. The van der Waals surface area contributed by atoms with Crippen molar-refractivity contribution < 1.29 is 14.7 Å². The predicted octanol–water partition coefficient (Wildman–Crippen LogP) is 6.41. The number of nitrogens with one attached hydrogen (secondary N) is 1. The Kier molecular flexibility index (Phi) is 5.23. The van der Waals surface area contributed by atoms with E-state index in [9.17, 15) is 14.7 Å². The minimum Gasteiger partial charge on any atom is -0.507 e. The van der Waals surface area contributed by atoms with Gasteiger partial charge in [-0.25, -0.2) is 0 Å². The number of Topliss-reactive ketones (excluding diaryl/α,β-unsaturated/α-hetero) is 1. The third-order valence-electron chi connectivity index (χ3n) is 5.93. The number of benzene rings is 3. The van der Waals surface area contributed by atoms with E-state index in [1.165, 1.54) is 17.0 Å². The standard InChI is InChI=1S/C26H18Cl2N2O3/c1-14-6-2-5-9-21(14)30-23(17-13-29-20-8-4-3-7-16(17)20)22(25(32)26(30)33)24(31)15-10-11-18(27)19(28)12-15/h2-13,23,29,31H,1H3/b24-22+. The van der Waals surface area contributed by atoms with Crippen LogP contribution in [-0.4, -0.2) is 21.8 Å². The van der Waals surface area contributed by atoms with Gasteiger partial charge in [-0.3, -0.25) is 14.5 Å². The highest BCUT2D eigenvalue weighted by Crippen LogP contribution is 2.45. The molecule has 164 valence electrons. The molecule has 2 N–H and O–H groups in total. The zero-order chi connectivity index (χ0) is 23.3. The first-order valence-electron chi connectivity index (χ1n) is 10.3. The second-order valence-corrected chi connectivity index (χ2v) is 8.69. The Morgan fingerprint density at radius 1 is 0.970 bits per heavy atom. The summed E-state index contributed by atoms with van der Waals surface area (Å²) in [6, 6.07) is 18.7. The van der Waals surface area contributed by atoms with Crippen LogP contribution < -0.4 is 4.90 Å². The van der Waals surface area contributed by atoms with E-state index < -0.39 is 17.7 Å². The van der Waals surface area contributed by atoms with Gasteiger partial charge in [-0.05, 0) is 42.8 Å². The second-order valence-electron chi connectivity index (χ2n) is 7.87. The highest BCUT2D eigenvalue weighted by Gasteiger charge is 2.48. The zero-order valence-electron chi connectivity index (χ0n) is 17.5. The van der Waals surface area contributed by atoms with Crippen LogP contribution >= 0.6 is 23.2 Å². The third-order valence-corrected chi connectivity index (χ3v) is 6.67. The lowest BCUT2D eigenvalue weighted by Crippen LogP contribution is -2.30. The lowest BCUT2D eigenvalue weighted by molar-refractivity contribution is -0.132. The summed E-state index contributed by atoms with van der Waals surface area (Å²) in [5.74, 6) is -1.78. The molecular formula is C26H18Cl2N2O3. The highest BCUT2D eigenvalue weighted by atomic mass is 35.5. The maximum absolute atomic E-state index is 13.3. The molecule has 5 rings (SSSR count). The minimum absolute atomic E-state index is 0.00797. The summed E-state index contributed by atoms with van der Waals surface area (Å²) in [7, 11) is 0. The Bertz CT molecular complexity index is 1470. The van der Waals surface area contributed by atoms with Crippen molar-refractivity contribution in [3.63, 3.8) is 0 Å². The van der Waals surface area contributed by atoms with Crippen molar-refractivity contribution in [1.82, 2.24) is 4.98 Å². The number of nitrogens with zero attached hydrogens (tertiary/aromatic N) is 1. The molecule has 1 fully saturated rings. The molecule has 1 saturated heterocycles. The van der Waals surface area contributed by atoms with Gasteiger partial charge in [0.1, 0.15) is 5.76 Å². The fraction of sp³-hybridized carbons (Fsp3) is 0.0769. The lowest BCUT2D eigenvalue weighted by Gasteiger charge is -2.26. The van der Waals surface area contributed by atoms with Crippen molar-refractivity contribution in [2.24, 2.45) is 0 Å². The fourth-order valence-electron chi connectivity index (χ4n) is 4.33. The van der Waals surface area contributed by atoms with Crippen molar-refractivity contribution in [3.05, 3.63) is 105 Å². The maximum atomic E-state index is 13.3. The number of anilines is 1. The van der Waals surface area contributed by atoms with E-state index in [-0.39, 0.29) is 16.4 Å². The van der Waals surface area contributed by atoms with Gasteiger partial charge < -0.3 is 10.1 Å². The number of rotatable bonds is 3. The summed E-state index contributed by atoms with van der Waals surface area (Å²) >= 11 is 12.2. The Morgan fingerprint density at radius 3 is 2.45 bits per heavy atom. The fourth-order valence-corrected chi connectivity index (χ4v) is 4.63. The highest BCUT2D eigenvalue weighted by molar-refractivity contribution is 6.52. The zero-order valence-corrected chi connectivity index (χ0v) is 19.0. The van der Waals surface area contributed by atoms with Crippen LogP contribution in [0.25, 0.3) is 16.7 Å². The molecule has 5 nitrogen and oxygen atoms in total. The first kappa shape index (κ1) is 21.3. The van der Waals surface area contributed by atoms with Crippen molar-refractivity contribution in [1.29, 1.82) is 0 Å². The van der Waals surface area contributed by atoms with Gasteiger partial charge in [0.25, 0.3) is 11.7 Å². The van der Waals surface area contributed by atoms with E-state index in [1.54, 1.807) is 18.3 Å². The number of hydrogen-bond acceptors (Lipinski definition) is 3. The van der Waals surface area contributed by atoms with Gasteiger partial charge in [-0.15, -0.1) is 0 Å². The third kappa shape index (κ3) is 3.41. The van der Waals surface area contributed by atoms with E-state index in [0.717, 1.165) is 16.5 Å². The van der Waals surface area contributed by atoms with Gasteiger partial charge in [-0.2, -0.15) is 0 Å². The van der Waals surface area contributed by atoms with E-state index in [0.29, 0.717) is 21.8 Å². The van der Waals surface area contributed by atoms with E-state index in [4.69, 9.17) is 23.2 Å². The Balaban J connectivity index is 1.80. The molecule has 1 atom stereocenters. The van der Waals surface area contributed by atoms with Crippen LogP contribution in [0.2, 0.25) is 10.0 Å². The van der Waals surface area contributed by atoms with Crippen LogP contribution in [0.3, 0.4) is 0 Å². The number of carbonyl (C=O) groups is 2. The topological polar surface area (TPSA) is 73.4 Å². The van der Waals surface area contributed by atoms with Crippen molar-refractivity contribution in [2.75, 3.05) is 4.90 Å². The Hall–Kier alpha value is -3.54. The number of para-hydroxylation sites is 2. The molecule has 0 radical (unpaired) electrons. The summed E-state index contributed by atoms with van der Waals surface area (Å²) < 4.78 is 0. The van der Waals surface area contributed by atoms with Crippen LogP contribution in [0.4, 0.5) is 5.69 Å². The average molecular weight is 477 g/mol. The van der Waals surface area contributed by atoms with Gasteiger partial charge in [0, 0.05) is 33.9 Å². The monoisotopic (exact) mass is 476 g/mol. The van der Waals surface area contributed by atoms with Gasteiger partial charge in [0.15, 0.2) is 0 Å². The summed E-state index contributed by atoms with van der Waals surface area (Å²) in [4.78, 5) is 31.3. The average Bonchev–Trinajstić information content (AvgIpc) is 3.34. The van der Waals surface area contributed by atoms with Crippen LogP contribution in [0.1, 0.15) is 22.7 Å².